The van der Waals surface area contributed by atoms with Crippen LogP contribution in [0.5, 0.6) is 0 Å². The molecule has 0 bridgehead atoms. The third kappa shape index (κ3) is 9.45. The summed E-state index contributed by atoms with van der Waals surface area (Å²) >= 11 is 0. The van der Waals surface area contributed by atoms with Crippen molar-refractivity contribution in [2.75, 3.05) is 52.4 Å². The lowest BCUT2D eigenvalue weighted by Crippen LogP contribution is -2.50. The Balaban J connectivity index is 1.62. The topological polar surface area (TPSA) is 82.1 Å². The van der Waals surface area contributed by atoms with E-state index in [1.165, 1.54) is 0 Å². The van der Waals surface area contributed by atoms with Crippen LogP contribution < -0.4 is 4.72 Å². The van der Waals surface area contributed by atoms with Gasteiger partial charge in [0.1, 0.15) is 0 Å². The molecular formula is C20H35N3O4S. The molecule has 1 atom stereocenters. The second kappa shape index (κ2) is 10.7. The molecule has 0 amide bonds. The average molecular weight is 414 g/mol. The summed E-state index contributed by atoms with van der Waals surface area (Å²) in [6.45, 7) is 11.5. The van der Waals surface area contributed by atoms with Gasteiger partial charge in [-0.2, -0.15) is 0 Å². The monoisotopic (exact) mass is 413 g/mol. The van der Waals surface area contributed by atoms with Crippen molar-refractivity contribution in [3.05, 3.63) is 35.9 Å². The Morgan fingerprint density at radius 2 is 1.71 bits per heavy atom. The largest absolute Gasteiger partial charge is 0.389 e. The van der Waals surface area contributed by atoms with Gasteiger partial charge in [-0.05, 0) is 26.3 Å². The number of β-amino-alcohol motifs (C(OH)–C–C–N with tert-alkyl or cyclic N) is 1. The van der Waals surface area contributed by atoms with Crippen molar-refractivity contribution in [1.82, 2.24) is 14.5 Å². The number of aliphatic hydroxyl groups excluding tert-OH is 1. The van der Waals surface area contributed by atoms with Crippen molar-refractivity contribution in [3.63, 3.8) is 0 Å². The highest BCUT2D eigenvalue weighted by Crippen LogP contribution is 2.09. The van der Waals surface area contributed by atoms with Crippen LogP contribution in [-0.2, 0) is 20.5 Å². The van der Waals surface area contributed by atoms with Crippen molar-refractivity contribution in [3.8, 4) is 0 Å². The molecule has 1 aliphatic heterocycles. The maximum absolute atomic E-state index is 12.2. The number of benzene rings is 1. The first-order valence-corrected chi connectivity index (χ1v) is 11.6. The maximum Gasteiger partial charge on any atom is 0.215 e. The molecule has 0 radical (unpaired) electrons. The smallest absolute Gasteiger partial charge is 0.215 e. The molecule has 0 aromatic heterocycles. The van der Waals surface area contributed by atoms with E-state index < -0.39 is 16.1 Å². The molecule has 1 heterocycles. The quantitative estimate of drug-likeness (QED) is 0.593. The van der Waals surface area contributed by atoms with Crippen LogP contribution >= 0.6 is 0 Å². The molecule has 160 valence electrons. The predicted octanol–water partition coefficient (Wildman–Crippen LogP) is 0.900. The number of hydrogen-bond donors (Lipinski definition) is 2. The van der Waals surface area contributed by atoms with E-state index in [9.17, 15) is 13.5 Å². The average Bonchev–Trinajstić information content (AvgIpc) is 2.61. The molecule has 0 saturated carbocycles. The highest BCUT2D eigenvalue weighted by molar-refractivity contribution is 7.88. The van der Waals surface area contributed by atoms with Crippen LogP contribution in [0.25, 0.3) is 0 Å². The van der Waals surface area contributed by atoms with Crippen LogP contribution in [0.2, 0.25) is 0 Å². The second-order valence-electron chi connectivity index (χ2n) is 8.36. The van der Waals surface area contributed by atoms with Gasteiger partial charge >= 0.3 is 0 Å². The Kier molecular flexibility index (Phi) is 8.85. The van der Waals surface area contributed by atoms with E-state index in [-0.39, 0.29) is 11.4 Å². The normalized spacial score (nSPS) is 18.3. The van der Waals surface area contributed by atoms with Crippen molar-refractivity contribution in [1.29, 1.82) is 0 Å². The molecule has 1 aromatic carbocycles. The highest BCUT2D eigenvalue weighted by Gasteiger charge is 2.21. The lowest BCUT2D eigenvalue weighted by molar-refractivity contribution is -0.0585. The molecule has 1 aliphatic rings. The van der Waals surface area contributed by atoms with Crippen molar-refractivity contribution in [2.45, 2.75) is 38.2 Å². The molecule has 2 rings (SSSR count). The fourth-order valence-electron chi connectivity index (χ4n) is 3.10. The third-order valence-electron chi connectivity index (χ3n) is 4.59. The third-order valence-corrected chi connectivity index (χ3v) is 5.95. The summed E-state index contributed by atoms with van der Waals surface area (Å²) in [5, 5.41) is 10.1. The van der Waals surface area contributed by atoms with Gasteiger partial charge in [0.2, 0.25) is 10.0 Å². The van der Waals surface area contributed by atoms with Crippen LogP contribution in [0.15, 0.2) is 30.3 Å². The van der Waals surface area contributed by atoms with Gasteiger partial charge in [0.25, 0.3) is 0 Å². The number of rotatable bonds is 10. The van der Waals surface area contributed by atoms with Gasteiger partial charge in [0, 0.05) is 45.8 Å². The molecule has 1 fully saturated rings. The number of sulfonamides is 1. The predicted molar refractivity (Wildman–Crippen MR) is 112 cm³/mol. The summed E-state index contributed by atoms with van der Waals surface area (Å²) < 4.78 is 32.7. The van der Waals surface area contributed by atoms with E-state index in [0.29, 0.717) is 26.2 Å². The van der Waals surface area contributed by atoms with Gasteiger partial charge in [-0.1, -0.05) is 30.3 Å². The molecular weight excluding hydrogens is 378 g/mol. The van der Waals surface area contributed by atoms with E-state index in [0.717, 1.165) is 31.7 Å². The summed E-state index contributed by atoms with van der Waals surface area (Å²) in [6.07, 6.45) is -0.490. The summed E-state index contributed by atoms with van der Waals surface area (Å²) in [5.41, 5.74) is 0.547. The molecule has 7 nitrogen and oxygen atoms in total. The molecule has 28 heavy (non-hydrogen) atoms. The van der Waals surface area contributed by atoms with Gasteiger partial charge in [-0.3, -0.25) is 9.80 Å². The summed E-state index contributed by atoms with van der Waals surface area (Å²) in [4.78, 5) is 4.48. The van der Waals surface area contributed by atoms with E-state index >= 15 is 0 Å². The minimum atomic E-state index is -3.31. The van der Waals surface area contributed by atoms with Crippen LogP contribution in [0.4, 0.5) is 0 Å². The van der Waals surface area contributed by atoms with Gasteiger partial charge in [-0.25, -0.2) is 13.1 Å². The lowest BCUT2D eigenvalue weighted by atomic mass is 10.2. The van der Waals surface area contributed by atoms with E-state index in [1.807, 2.05) is 51.1 Å². The standard InChI is InChI=1S/C20H35N3O4S/c1-20(2,3)27-16-19(24)15-23-13-11-22(12-14-23)10-9-21-28(25,26)17-18-7-5-4-6-8-18/h4-8,19,21,24H,9-17H2,1-3H3. The van der Waals surface area contributed by atoms with E-state index in [2.05, 4.69) is 14.5 Å². The molecule has 8 heteroatoms. The zero-order valence-corrected chi connectivity index (χ0v) is 18.1. The van der Waals surface area contributed by atoms with Gasteiger partial charge < -0.3 is 9.84 Å². The maximum atomic E-state index is 12.2. The first kappa shape index (κ1) is 23.3. The minimum Gasteiger partial charge on any atom is -0.389 e. The number of hydrogen-bond acceptors (Lipinski definition) is 6. The van der Waals surface area contributed by atoms with Crippen molar-refractivity contribution < 1.29 is 18.3 Å². The van der Waals surface area contributed by atoms with Crippen molar-refractivity contribution in [2.24, 2.45) is 0 Å². The Bertz CT molecular complexity index is 668. The molecule has 0 spiro atoms. The zero-order valence-electron chi connectivity index (χ0n) is 17.3. The van der Waals surface area contributed by atoms with Crippen LogP contribution in [-0.4, -0.2) is 87.4 Å². The number of nitrogens with zero attached hydrogens (tertiary/aromatic N) is 2. The summed E-state index contributed by atoms with van der Waals surface area (Å²) in [5.74, 6) is 0.0101. The highest BCUT2D eigenvalue weighted by atomic mass is 32.2. The molecule has 1 unspecified atom stereocenters. The molecule has 1 saturated heterocycles. The number of ether oxygens (including phenoxy) is 1. The van der Waals surface area contributed by atoms with Gasteiger partial charge in [0.05, 0.1) is 24.1 Å². The fourth-order valence-corrected chi connectivity index (χ4v) is 4.23. The lowest BCUT2D eigenvalue weighted by Gasteiger charge is -2.35. The summed E-state index contributed by atoms with van der Waals surface area (Å²) in [7, 11) is -3.31. The Labute approximate surface area is 169 Å². The Hall–Kier alpha value is -1.03. The number of nitrogens with one attached hydrogen (secondary N) is 1. The van der Waals surface area contributed by atoms with Crippen molar-refractivity contribution >= 4 is 10.0 Å². The number of piperazine rings is 1. The summed E-state index contributed by atoms with van der Waals surface area (Å²) in [6, 6.07) is 9.20. The first-order chi connectivity index (χ1) is 13.1. The van der Waals surface area contributed by atoms with Gasteiger partial charge in [0.15, 0.2) is 0 Å². The first-order valence-electron chi connectivity index (χ1n) is 9.91. The van der Waals surface area contributed by atoms with Crippen LogP contribution in [0.3, 0.4) is 0 Å². The minimum absolute atomic E-state index is 0.0101. The molecule has 2 N–H and O–H groups in total. The van der Waals surface area contributed by atoms with Crippen LogP contribution in [0.1, 0.15) is 26.3 Å². The Morgan fingerprint density at radius 1 is 1.11 bits per heavy atom. The van der Waals surface area contributed by atoms with E-state index in [4.69, 9.17) is 4.74 Å². The van der Waals surface area contributed by atoms with Crippen LogP contribution in [0, 0.1) is 0 Å². The zero-order chi connectivity index (χ0) is 20.6. The second-order valence-corrected chi connectivity index (χ2v) is 10.2. The Morgan fingerprint density at radius 3 is 2.32 bits per heavy atom. The van der Waals surface area contributed by atoms with Gasteiger partial charge in [-0.15, -0.1) is 0 Å². The SMILES string of the molecule is CC(C)(C)OCC(O)CN1CCN(CCNS(=O)(=O)Cc2ccccc2)CC1. The fraction of sp³-hybridized carbons (Fsp3) is 0.700. The molecule has 1 aromatic rings. The number of aliphatic hydroxyl groups is 1. The van der Waals surface area contributed by atoms with E-state index in [1.54, 1.807) is 0 Å². The molecule has 0 aliphatic carbocycles.